The summed E-state index contributed by atoms with van der Waals surface area (Å²) < 4.78 is 5.23. The van der Waals surface area contributed by atoms with Crippen LogP contribution in [0, 0.1) is 0 Å². The largest absolute Gasteiger partial charge is 0.310 e. The summed E-state index contributed by atoms with van der Waals surface area (Å²) >= 11 is 3.73. The Morgan fingerprint density at radius 2 is 0.712 bits per heavy atom. The SMILES string of the molecule is CC1(C)c2cc(N(c3ccc4ccccc4c3)c3ccc4sc5ccccc5c4c3)ccc2-c2c1cc(-c1ccc(N(c3ccc4ccccc4c3)c3ccc4sc5ccccc5c4c3)cc1)c1ccccc21. The molecule has 0 amide bonds. The van der Waals surface area contributed by atoms with E-state index in [4.69, 9.17) is 0 Å². The molecule has 0 aliphatic heterocycles. The van der Waals surface area contributed by atoms with E-state index >= 15 is 0 Å². The van der Waals surface area contributed by atoms with Crippen molar-refractivity contribution in [1.29, 1.82) is 0 Å². The number of benzene rings is 12. The maximum atomic E-state index is 2.50. The van der Waals surface area contributed by atoms with Crippen LogP contribution in [0.2, 0.25) is 0 Å². The second kappa shape index (κ2) is 16.2. The summed E-state index contributed by atoms with van der Waals surface area (Å²) in [6.07, 6.45) is 0. The van der Waals surface area contributed by atoms with Crippen molar-refractivity contribution in [3.8, 4) is 22.3 Å². The fraction of sp³-hybridized carbons (Fsp3) is 0.0435. The van der Waals surface area contributed by atoms with Crippen LogP contribution < -0.4 is 9.80 Å². The molecule has 1 aliphatic rings. The lowest BCUT2D eigenvalue weighted by Crippen LogP contribution is -2.17. The molecule has 0 unspecified atom stereocenters. The molecule has 12 aromatic carbocycles. The van der Waals surface area contributed by atoms with Crippen LogP contribution in [0.15, 0.2) is 243 Å². The molecule has 0 spiro atoms. The van der Waals surface area contributed by atoms with Crippen molar-refractivity contribution in [2.45, 2.75) is 19.3 Å². The zero-order chi connectivity index (χ0) is 48.4. The first-order chi connectivity index (χ1) is 35.9. The molecule has 14 aromatic rings. The molecule has 344 valence electrons. The summed E-state index contributed by atoms with van der Waals surface area (Å²) in [5, 5.41) is 12.6. The van der Waals surface area contributed by atoms with Crippen molar-refractivity contribution in [2.75, 3.05) is 9.80 Å². The Balaban J connectivity index is 0.852. The molecule has 73 heavy (non-hydrogen) atoms. The van der Waals surface area contributed by atoms with Crippen molar-refractivity contribution in [3.05, 3.63) is 254 Å². The summed E-state index contributed by atoms with van der Waals surface area (Å²) in [5.41, 5.74) is 14.3. The fourth-order valence-corrected chi connectivity index (χ4v) is 14.1. The van der Waals surface area contributed by atoms with E-state index in [1.54, 1.807) is 0 Å². The highest BCUT2D eigenvalue weighted by atomic mass is 32.1. The van der Waals surface area contributed by atoms with Crippen molar-refractivity contribution >= 4 is 129 Å². The van der Waals surface area contributed by atoms with E-state index in [1.165, 1.54) is 106 Å². The number of fused-ring (bicyclic) bond motifs is 13. The zero-order valence-corrected chi connectivity index (χ0v) is 41.9. The Morgan fingerprint density at radius 1 is 0.288 bits per heavy atom. The lowest BCUT2D eigenvalue weighted by Gasteiger charge is -2.28. The van der Waals surface area contributed by atoms with Crippen LogP contribution in [-0.4, -0.2) is 0 Å². The molecule has 2 heterocycles. The van der Waals surface area contributed by atoms with Gasteiger partial charge < -0.3 is 9.80 Å². The van der Waals surface area contributed by atoms with Gasteiger partial charge in [-0.25, -0.2) is 0 Å². The van der Waals surface area contributed by atoms with Crippen LogP contribution in [0.25, 0.3) is 94.9 Å². The van der Waals surface area contributed by atoms with E-state index in [-0.39, 0.29) is 5.41 Å². The van der Waals surface area contributed by atoms with Gasteiger partial charge in [0.05, 0.1) is 0 Å². The van der Waals surface area contributed by atoms with Crippen LogP contribution in [0.4, 0.5) is 34.1 Å². The molecule has 0 bridgehead atoms. The van der Waals surface area contributed by atoms with E-state index in [2.05, 4.69) is 266 Å². The third-order valence-corrected chi connectivity index (χ3v) is 17.9. The van der Waals surface area contributed by atoms with Crippen LogP contribution in [0.3, 0.4) is 0 Å². The predicted octanol–water partition coefficient (Wildman–Crippen LogP) is 20.8. The highest BCUT2D eigenvalue weighted by Gasteiger charge is 2.38. The number of hydrogen-bond donors (Lipinski definition) is 0. The third-order valence-electron chi connectivity index (χ3n) is 15.6. The molecule has 0 radical (unpaired) electrons. The van der Waals surface area contributed by atoms with E-state index in [1.807, 2.05) is 22.7 Å². The van der Waals surface area contributed by atoms with Crippen molar-refractivity contribution < 1.29 is 0 Å². The number of rotatable bonds is 7. The molecule has 4 heteroatoms. The zero-order valence-electron chi connectivity index (χ0n) is 40.3. The lowest BCUT2D eigenvalue weighted by molar-refractivity contribution is 0.661. The van der Waals surface area contributed by atoms with Gasteiger partial charge in [0.15, 0.2) is 0 Å². The molecular weight excluding hydrogens is 921 g/mol. The van der Waals surface area contributed by atoms with Crippen LogP contribution in [-0.2, 0) is 5.41 Å². The maximum Gasteiger partial charge on any atom is 0.0468 e. The smallest absolute Gasteiger partial charge is 0.0468 e. The fourth-order valence-electron chi connectivity index (χ4n) is 12.0. The topological polar surface area (TPSA) is 6.48 Å². The molecule has 0 saturated carbocycles. The standard InChI is InChI=1S/C69H46N2S2/c1-69(2)62-41-53(71(50-30-24-44-14-4-6-16-47(44)38-50)52-33-36-67-61(40-52)56-19-10-12-22-65(56)73-67)31-34-58(62)68-57-20-8-7-17-54(57)59(42-63(68)69)45-25-27-48(28-26-45)70(49-29-23-43-13-3-5-15-46(43)37-49)51-32-35-66-60(39-51)55-18-9-11-21-64(55)72-66/h3-42H,1-2H3. The van der Waals surface area contributed by atoms with Gasteiger partial charge in [0, 0.05) is 79.9 Å². The van der Waals surface area contributed by atoms with Gasteiger partial charge in [0.2, 0.25) is 0 Å². The summed E-state index contributed by atoms with van der Waals surface area (Å²) in [7, 11) is 0. The van der Waals surface area contributed by atoms with Crippen molar-refractivity contribution in [3.63, 3.8) is 0 Å². The Labute approximate surface area is 431 Å². The molecule has 0 N–H and O–H groups in total. The number of anilines is 6. The second-order valence-electron chi connectivity index (χ2n) is 20.1. The average molecular weight is 967 g/mol. The third kappa shape index (κ3) is 6.68. The van der Waals surface area contributed by atoms with E-state index in [0.29, 0.717) is 0 Å². The monoisotopic (exact) mass is 966 g/mol. The molecule has 2 aromatic heterocycles. The minimum atomic E-state index is -0.278. The van der Waals surface area contributed by atoms with Crippen LogP contribution >= 0.6 is 22.7 Å². The Hall–Kier alpha value is -8.54. The molecule has 2 nitrogen and oxygen atoms in total. The van der Waals surface area contributed by atoms with Gasteiger partial charge in [-0.05, 0) is 169 Å². The highest BCUT2D eigenvalue weighted by Crippen LogP contribution is 2.55. The first-order valence-electron chi connectivity index (χ1n) is 25.1. The quantitative estimate of drug-likeness (QED) is 0.157. The number of nitrogens with zero attached hydrogens (tertiary/aromatic N) is 2. The maximum absolute atomic E-state index is 2.50. The Morgan fingerprint density at radius 3 is 1.30 bits per heavy atom. The highest BCUT2D eigenvalue weighted by molar-refractivity contribution is 7.26. The molecule has 1 aliphatic carbocycles. The van der Waals surface area contributed by atoms with E-state index < -0.39 is 0 Å². The van der Waals surface area contributed by atoms with Crippen molar-refractivity contribution in [1.82, 2.24) is 0 Å². The lowest BCUT2D eigenvalue weighted by atomic mass is 9.80. The van der Waals surface area contributed by atoms with E-state index in [0.717, 1.165) is 34.1 Å². The van der Waals surface area contributed by atoms with Crippen LogP contribution in [0.1, 0.15) is 25.0 Å². The molecule has 0 atom stereocenters. The minimum Gasteiger partial charge on any atom is -0.310 e. The number of hydrogen-bond acceptors (Lipinski definition) is 4. The first-order valence-corrected chi connectivity index (χ1v) is 26.8. The molecule has 15 rings (SSSR count). The Bertz CT molecular complexity index is 4560. The van der Waals surface area contributed by atoms with E-state index in [9.17, 15) is 0 Å². The normalized spacial score (nSPS) is 12.9. The summed E-state index contributed by atoms with van der Waals surface area (Å²) in [6.45, 7) is 4.84. The summed E-state index contributed by atoms with van der Waals surface area (Å²) in [6, 6.07) is 90.6. The van der Waals surface area contributed by atoms with Gasteiger partial charge in [0.25, 0.3) is 0 Å². The molecule has 0 fully saturated rings. The number of thiophene rings is 2. The molecule has 0 saturated heterocycles. The van der Waals surface area contributed by atoms with Gasteiger partial charge in [0.1, 0.15) is 0 Å². The first kappa shape index (κ1) is 42.2. The van der Waals surface area contributed by atoms with Crippen LogP contribution in [0.5, 0.6) is 0 Å². The van der Waals surface area contributed by atoms with Gasteiger partial charge in [-0.3, -0.25) is 0 Å². The summed E-state index contributed by atoms with van der Waals surface area (Å²) in [4.78, 5) is 4.88. The average Bonchev–Trinajstić information content (AvgIpc) is 4.07. The molecular formula is C69H46N2S2. The second-order valence-corrected chi connectivity index (χ2v) is 22.3. The minimum absolute atomic E-state index is 0.278. The van der Waals surface area contributed by atoms with Crippen molar-refractivity contribution in [2.24, 2.45) is 0 Å². The van der Waals surface area contributed by atoms with Gasteiger partial charge in [-0.2, -0.15) is 0 Å². The van der Waals surface area contributed by atoms with Gasteiger partial charge in [-0.15, -0.1) is 22.7 Å². The van der Waals surface area contributed by atoms with Gasteiger partial charge in [-0.1, -0.05) is 153 Å². The van der Waals surface area contributed by atoms with Gasteiger partial charge >= 0.3 is 0 Å². The predicted molar refractivity (Wildman–Crippen MR) is 317 cm³/mol. The summed E-state index contributed by atoms with van der Waals surface area (Å²) in [5.74, 6) is 0. The Kier molecular flexibility index (Phi) is 9.38.